The minimum Gasteiger partial charge on any atom is -0.352 e. The number of hydrogen-bond acceptors (Lipinski definition) is 2. The molecule has 0 radical (unpaired) electrons. The minimum absolute atomic E-state index is 0. The van der Waals surface area contributed by atoms with Crippen LogP contribution >= 0.6 is 12.4 Å². The number of nitrogens with two attached hydrogens (primary N) is 1. The zero-order valence-electron chi connectivity index (χ0n) is 10.6. The van der Waals surface area contributed by atoms with Crippen molar-refractivity contribution in [1.82, 2.24) is 5.32 Å². The molecule has 0 saturated carbocycles. The van der Waals surface area contributed by atoms with Crippen molar-refractivity contribution in [3.05, 3.63) is 34.9 Å². The molecule has 0 fully saturated rings. The maximum Gasteiger partial charge on any atom is 0.251 e. The Morgan fingerprint density at radius 3 is 2.59 bits per heavy atom. The molecule has 0 aliphatic carbocycles. The van der Waals surface area contributed by atoms with Gasteiger partial charge in [-0.05, 0) is 38.8 Å². The molecule has 0 aliphatic heterocycles. The van der Waals surface area contributed by atoms with Crippen molar-refractivity contribution < 1.29 is 4.79 Å². The van der Waals surface area contributed by atoms with E-state index in [1.54, 1.807) is 0 Å². The lowest BCUT2D eigenvalue weighted by Gasteiger charge is -2.09. The fourth-order valence-corrected chi connectivity index (χ4v) is 1.58. The monoisotopic (exact) mass is 256 g/mol. The lowest BCUT2D eigenvalue weighted by Crippen LogP contribution is -2.29. The Morgan fingerprint density at radius 2 is 2.06 bits per heavy atom. The Kier molecular flexibility index (Phi) is 6.85. The summed E-state index contributed by atoms with van der Waals surface area (Å²) in [6.45, 7) is 6.53. The van der Waals surface area contributed by atoms with E-state index in [0.29, 0.717) is 6.54 Å². The summed E-state index contributed by atoms with van der Waals surface area (Å²) in [6, 6.07) is 5.96. The highest BCUT2D eigenvalue weighted by atomic mass is 35.5. The van der Waals surface area contributed by atoms with E-state index in [0.717, 1.165) is 17.5 Å². The Morgan fingerprint density at radius 1 is 1.41 bits per heavy atom. The van der Waals surface area contributed by atoms with Gasteiger partial charge in [-0.1, -0.05) is 17.7 Å². The van der Waals surface area contributed by atoms with Gasteiger partial charge in [-0.3, -0.25) is 4.79 Å². The zero-order chi connectivity index (χ0) is 12.1. The Hall–Kier alpha value is -1.06. The van der Waals surface area contributed by atoms with Crippen LogP contribution in [-0.4, -0.2) is 18.5 Å². The number of hydrogen-bond donors (Lipinski definition) is 2. The minimum atomic E-state index is -0.0156. The predicted octanol–water partition coefficient (Wildman–Crippen LogP) is 2.19. The second kappa shape index (κ2) is 7.30. The first-order chi connectivity index (χ1) is 7.50. The number of carbonyl (C=O) groups is 1. The fourth-order valence-electron chi connectivity index (χ4n) is 1.58. The maximum absolute atomic E-state index is 11.8. The third kappa shape index (κ3) is 5.20. The summed E-state index contributed by atoms with van der Waals surface area (Å²) in [4.78, 5) is 11.8. The Bertz CT molecular complexity index is 378. The van der Waals surface area contributed by atoms with E-state index < -0.39 is 0 Å². The molecular weight excluding hydrogens is 236 g/mol. The number of aryl methyl sites for hydroxylation is 2. The van der Waals surface area contributed by atoms with Gasteiger partial charge in [0.25, 0.3) is 5.91 Å². The number of benzene rings is 1. The van der Waals surface area contributed by atoms with Crippen LogP contribution in [0.4, 0.5) is 0 Å². The molecule has 1 unspecified atom stereocenters. The van der Waals surface area contributed by atoms with E-state index in [9.17, 15) is 4.79 Å². The summed E-state index contributed by atoms with van der Waals surface area (Å²) >= 11 is 0. The molecule has 1 amide bonds. The molecule has 0 aliphatic rings. The van der Waals surface area contributed by atoms with Gasteiger partial charge in [0, 0.05) is 18.2 Å². The van der Waals surface area contributed by atoms with Crippen LogP contribution in [-0.2, 0) is 0 Å². The second-order valence-electron chi connectivity index (χ2n) is 4.34. The van der Waals surface area contributed by atoms with Crippen LogP contribution in [0, 0.1) is 13.8 Å². The lowest BCUT2D eigenvalue weighted by molar-refractivity contribution is 0.0952. The van der Waals surface area contributed by atoms with E-state index in [-0.39, 0.29) is 24.4 Å². The van der Waals surface area contributed by atoms with Gasteiger partial charge in [-0.2, -0.15) is 0 Å². The summed E-state index contributed by atoms with van der Waals surface area (Å²) in [6.07, 6.45) is 0.802. The van der Waals surface area contributed by atoms with E-state index in [1.807, 2.05) is 39.0 Å². The standard InChI is InChI=1S/C13H20N2O.ClH/c1-9-4-5-12(10(2)8-9)13(16)15-7-6-11(3)14;/h4-5,8,11H,6-7,14H2,1-3H3,(H,15,16);1H. The molecule has 0 saturated heterocycles. The van der Waals surface area contributed by atoms with Gasteiger partial charge in [-0.25, -0.2) is 0 Å². The van der Waals surface area contributed by atoms with Crippen molar-refractivity contribution in [3.63, 3.8) is 0 Å². The average molecular weight is 257 g/mol. The Labute approximate surface area is 109 Å². The molecule has 0 aromatic heterocycles. The number of halogens is 1. The molecule has 3 N–H and O–H groups in total. The summed E-state index contributed by atoms with van der Waals surface area (Å²) in [5, 5.41) is 2.87. The van der Waals surface area contributed by atoms with Crippen molar-refractivity contribution in [2.24, 2.45) is 5.73 Å². The van der Waals surface area contributed by atoms with Crippen molar-refractivity contribution in [3.8, 4) is 0 Å². The molecule has 96 valence electrons. The third-order valence-corrected chi connectivity index (χ3v) is 2.51. The molecule has 4 heteroatoms. The zero-order valence-corrected chi connectivity index (χ0v) is 11.4. The van der Waals surface area contributed by atoms with Crippen LogP contribution in [0.1, 0.15) is 34.8 Å². The highest BCUT2D eigenvalue weighted by molar-refractivity contribution is 5.95. The molecule has 3 nitrogen and oxygen atoms in total. The number of nitrogens with one attached hydrogen (secondary N) is 1. The summed E-state index contributed by atoms with van der Waals surface area (Å²) in [5.74, 6) is -0.0156. The van der Waals surface area contributed by atoms with Crippen LogP contribution in [0.2, 0.25) is 0 Å². The summed E-state index contributed by atoms with van der Waals surface area (Å²) < 4.78 is 0. The maximum atomic E-state index is 11.8. The fraction of sp³-hybridized carbons (Fsp3) is 0.462. The first-order valence-corrected chi connectivity index (χ1v) is 5.61. The molecule has 0 spiro atoms. The van der Waals surface area contributed by atoms with E-state index in [1.165, 1.54) is 5.56 Å². The highest BCUT2D eigenvalue weighted by Gasteiger charge is 2.08. The number of carbonyl (C=O) groups excluding carboxylic acids is 1. The van der Waals surface area contributed by atoms with Crippen molar-refractivity contribution >= 4 is 18.3 Å². The summed E-state index contributed by atoms with van der Waals surface area (Å²) in [5.41, 5.74) is 8.54. The molecule has 1 rings (SSSR count). The normalized spacial score (nSPS) is 11.5. The van der Waals surface area contributed by atoms with Crippen LogP contribution in [0.25, 0.3) is 0 Å². The number of rotatable bonds is 4. The molecule has 0 bridgehead atoms. The van der Waals surface area contributed by atoms with Crippen molar-refractivity contribution in [1.29, 1.82) is 0 Å². The largest absolute Gasteiger partial charge is 0.352 e. The van der Waals surface area contributed by atoms with E-state index in [2.05, 4.69) is 5.32 Å². The molecular formula is C13H21ClN2O. The van der Waals surface area contributed by atoms with Crippen LogP contribution in [0.5, 0.6) is 0 Å². The highest BCUT2D eigenvalue weighted by Crippen LogP contribution is 2.10. The van der Waals surface area contributed by atoms with Gasteiger partial charge in [0.2, 0.25) is 0 Å². The van der Waals surface area contributed by atoms with E-state index >= 15 is 0 Å². The predicted molar refractivity (Wildman–Crippen MR) is 73.8 cm³/mol. The quantitative estimate of drug-likeness (QED) is 0.868. The van der Waals surface area contributed by atoms with Gasteiger partial charge >= 0.3 is 0 Å². The Balaban J connectivity index is 0.00000256. The van der Waals surface area contributed by atoms with Crippen molar-refractivity contribution in [2.75, 3.05) is 6.54 Å². The van der Waals surface area contributed by atoms with Gasteiger partial charge in [-0.15, -0.1) is 12.4 Å². The molecule has 1 atom stereocenters. The van der Waals surface area contributed by atoms with Gasteiger partial charge < -0.3 is 11.1 Å². The topological polar surface area (TPSA) is 55.1 Å². The molecule has 17 heavy (non-hydrogen) atoms. The van der Waals surface area contributed by atoms with Crippen LogP contribution < -0.4 is 11.1 Å². The first-order valence-electron chi connectivity index (χ1n) is 5.61. The van der Waals surface area contributed by atoms with Crippen LogP contribution in [0.3, 0.4) is 0 Å². The smallest absolute Gasteiger partial charge is 0.251 e. The molecule has 1 aromatic carbocycles. The first kappa shape index (κ1) is 15.9. The van der Waals surface area contributed by atoms with Gasteiger partial charge in [0.15, 0.2) is 0 Å². The second-order valence-corrected chi connectivity index (χ2v) is 4.34. The third-order valence-electron chi connectivity index (χ3n) is 2.51. The van der Waals surface area contributed by atoms with E-state index in [4.69, 9.17) is 5.73 Å². The van der Waals surface area contributed by atoms with Crippen molar-refractivity contribution in [2.45, 2.75) is 33.2 Å². The number of amides is 1. The SMILES string of the molecule is Cc1ccc(C(=O)NCCC(C)N)c(C)c1.Cl. The van der Waals surface area contributed by atoms with Gasteiger partial charge in [0.1, 0.15) is 0 Å². The molecule has 1 aromatic rings. The average Bonchev–Trinajstić information content (AvgIpc) is 2.16. The van der Waals surface area contributed by atoms with Gasteiger partial charge in [0.05, 0.1) is 0 Å². The summed E-state index contributed by atoms with van der Waals surface area (Å²) in [7, 11) is 0. The molecule has 0 heterocycles. The van der Waals surface area contributed by atoms with Crippen LogP contribution in [0.15, 0.2) is 18.2 Å². The lowest BCUT2D eigenvalue weighted by atomic mass is 10.1.